The summed E-state index contributed by atoms with van der Waals surface area (Å²) >= 11 is 0. The van der Waals surface area contributed by atoms with Crippen LogP contribution in [0.1, 0.15) is 55.7 Å². The maximum Gasteiger partial charge on any atom is 0.0834 e. The van der Waals surface area contributed by atoms with Crippen LogP contribution in [0.5, 0.6) is 0 Å². The van der Waals surface area contributed by atoms with Crippen LogP contribution >= 0.6 is 0 Å². The molecule has 0 bridgehead atoms. The van der Waals surface area contributed by atoms with E-state index in [1.165, 1.54) is 24.0 Å². The van der Waals surface area contributed by atoms with Crippen LogP contribution in [0.15, 0.2) is 24.3 Å². The van der Waals surface area contributed by atoms with Crippen molar-refractivity contribution < 1.29 is 10.2 Å². The molecule has 0 unspecified atom stereocenters. The molecule has 0 aromatic heterocycles. The zero-order valence-corrected chi connectivity index (χ0v) is 15.4. The van der Waals surface area contributed by atoms with Gasteiger partial charge in [0.15, 0.2) is 0 Å². The lowest BCUT2D eigenvalue weighted by molar-refractivity contribution is -0.0139. The molecule has 1 aromatic rings. The third kappa shape index (κ3) is 2.74. The highest BCUT2D eigenvalue weighted by molar-refractivity contribution is 5.45. The molecule has 2 fully saturated rings. The van der Waals surface area contributed by atoms with Gasteiger partial charge in [-0.15, -0.1) is 0 Å². The van der Waals surface area contributed by atoms with Crippen LogP contribution in [0.2, 0.25) is 0 Å². The fourth-order valence-electron chi connectivity index (χ4n) is 5.88. The smallest absolute Gasteiger partial charge is 0.0834 e. The molecule has 1 aliphatic heterocycles. The Bertz CT molecular complexity index is 606. The number of fused-ring (bicyclic) bond motifs is 2. The van der Waals surface area contributed by atoms with Crippen LogP contribution in [-0.2, 0) is 5.41 Å². The first-order valence-electron chi connectivity index (χ1n) is 9.91. The summed E-state index contributed by atoms with van der Waals surface area (Å²) in [6.07, 6.45) is 6.28. The van der Waals surface area contributed by atoms with Gasteiger partial charge in [-0.1, -0.05) is 37.1 Å². The Balaban J connectivity index is 1.65. The minimum Gasteiger partial charge on any atom is -0.396 e. The fourth-order valence-corrected chi connectivity index (χ4v) is 5.88. The van der Waals surface area contributed by atoms with Gasteiger partial charge in [0.1, 0.15) is 0 Å². The van der Waals surface area contributed by atoms with Gasteiger partial charge in [-0.2, -0.15) is 0 Å². The number of nitrogens with one attached hydrogen (secondary N) is 1. The Morgan fingerprint density at radius 1 is 1.12 bits per heavy atom. The molecule has 0 amide bonds. The first-order valence-corrected chi connectivity index (χ1v) is 9.91. The standard InChI is InChI=1S/C21H32N2O2/c1-23(14-20(15-24)8-4-5-9-20)18-16-6-2-3-7-17(16)21(19(18)25)10-12-22-13-11-21/h2-3,6-7,18-19,22,24-25H,4-5,8-15H2,1H3/t18-,19+/m1/s1. The summed E-state index contributed by atoms with van der Waals surface area (Å²) in [5, 5.41) is 24.9. The van der Waals surface area contributed by atoms with Gasteiger partial charge in [-0.3, -0.25) is 4.90 Å². The van der Waals surface area contributed by atoms with Gasteiger partial charge < -0.3 is 15.5 Å². The second-order valence-corrected chi connectivity index (χ2v) is 8.66. The largest absolute Gasteiger partial charge is 0.396 e. The first-order chi connectivity index (χ1) is 12.1. The van der Waals surface area contributed by atoms with E-state index in [9.17, 15) is 10.2 Å². The third-order valence-corrected chi connectivity index (χ3v) is 7.24. The number of piperidine rings is 1. The minimum atomic E-state index is -0.367. The Morgan fingerprint density at radius 2 is 1.80 bits per heavy atom. The predicted molar refractivity (Wildman–Crippen MR) is 99.6 cm³/mol. The number of hydrogen-bond acceptors (Lipinski definition) is 4. The normalized spacial score (nSPS) is 30.1. The van der Waals surface area contributed by atoms with E-state index in [4.69, 9.17) is 0 Å². The highest BCUT2D eigenvalue weighted by Gasteiger charge is 2.53. The minimum absolute atomic E-state index is 0.0211. The number of benzene rings is 1. The van der Waals surface area contributed by atoms with E-state index in [0.29, 0.717) is 0 Å². The quantitative estimate of drug-likeness (QED) is 0.784. The lowest BCUT2D eigenvalue weighted by Crippen LogP contribution is -2.49. The molecule has 1 saturated heterocycles. The van der Waals surface area contributed by atoms with Gasteiger partial charge in [-0.05, 0) is 56.9 Å². The number of aliphatic hydroxyl groups is 2. The second-order valence-electron chi connectivity index (χ2n) is 8.66. The van der Waals surface area contributed by atoms with Crippen molar-refractivity contribution >= 4 is 0 Å². The summed E-state index contributed by atoms with van der Waals surface area (Å²) in [5.74, 6) is 0. The zero-order valence-electron chi connectivity index (χ0n) is 15.4. The maximum atomic E-state index is 11.5. The molecule has 3 aliphatic rings. The van der Waals surface area contributed by atoms with Crippen molar-refractivity contribution in [3.05, 3.63) is 35.4 Å². The topological polar surface area (TPSA) is 55.7 Å². The number of aliphatic hydroxyl groups excluding tert-OH is 2. The Morgan fingerprint density at radius 3 is 2.48 bits per heavy atom. The van der Waals surface area contributed by atoms with Crippen molar-refractivity contribution in [1.82, 2.24) is 10.2 Å². The van der Waals surface area contributed by atoms with Gasteiger partial charge in [-0.25, -0.2) is 0 Å². The SMILES string of the molecule is CN(CC1(CO)CCCC1)[C@@H]1c2ccccc2C2(CCNCC2)[C@H]1O. The second kappa shape index (κ2) is 6.66. The molecule has 2 aliphatic carbocycles. The van der Waals surface area contributed by atoms with Crippen molar-refractivity contribution in [2.75, 3.05) is 33.3 Å². The molecule has 4 heteroatoms. The fraction of sp³-hybridized carbons (Fsp3) is 0.714. The van der Waals surface area contributed by atoms with Gasteiger partial charge in [0.2, 0.25) is 0 Å². The number of likely N-dealkylation sites (N-methyl/N-ethyl adjacent to an activating group) is 1. The zero-order chi connectivity index (χ0) is 17.5. The number of hydrogen-bond donors (Lipinski definition) is 3. The van der Waals surface area contributed by atoms with Crippen LogP contribution in [0.25, 0.3) is 0 Å². The van der Waals surface area contributed by atoms with E-state index in [-0.39, 0.29) is 29.6 Å². The Hall–Kier alpha value is -0.940. The van der Waals surface area contributed by atoms with E-state index in [2.05, 4.69) is 41.5 Å². The molecular weight excluding hydrogens is 312 g/mol. The lowest BCUT2D eigenvalue weighted by atomic mass is 9.72. The Kier molecular flexibility index (Phi) is 4.65. The summed E-state index contributed by atoms with van der Waals surface area (Å²) in [6, 6.07) is 8.69. The summed E-state index contributed by atoms with van der Waals surface area (Å²) in [5.41, 5.74) is 2.56. The average molecular weight is 344 g/mol. The molecule has 0 radical (unpaired) electrons. The van der Waals surface area contributed by atoms with Crippen LogP contribution in [0.4, 0.5) is 0 Å². The molecule has 1 saturated carbocycles. The van der Waals surface area contributed by atoms with E-state index < -0.39 is 0 Å². The average Bonchev–Trinajstić information content (AvgIpc) is 3.19. The summed E-state index contributed by atoms with van der Waals surface area (Å²) in [4.78, 5) is 2.34. The summed E-state index contributed by atoms with van der Waals surface area (Å²) < 4.78 is 0. The van der Waals surface area contributed by atoms with Crippen LogP contribution in [-0.4, -0.2) is 54.5 Å². The van der Waals surface area contributed by atoms with Gasteiger partial charge in [0, 0.05) is 24.0 Å². The van der Waals surface area contributed by atoms with Crippen molar-refractivity contribution in [2.45, 2.75) is 56.1 Å². The van der Waals surface area contributed by atoms with E-state index in [1.807, 2.05) is 0 Å². The van der Waals surface area contributed by atoms with Crippen LogP contribution < -0.4 is 5.32 Å². The van der Waals surface area contributed by atoms with Crippen molar-refractivity contribution in [3.63, 3.8) is 0 Å². The Labute approximate surface area is 151 Å². The molecular formula is C21H32N2O2. The number of rotatable bonds is 4. The highest BCUT2D eigenvalue weighted by Crippen LogP contribution is 2.52. The molecule has 1 heterocycles. The third-order valence-electron chi connectivity index (χ3n) is 7.24. The summed E-state index contributed by atoms with van der Waals surface area (Å²) in [7, 11) is 2.14. The van der Waals surface area contributed by atoms with Crippen molar-refractivity contribution in [1.29, 1.82) is 0 Å². The molecule has 1 spiro atoms. The lowest BCUT2D eigenvalue weighted by Gasteiger charge is -2.41. The highest BCUT2D eigenvalue weighted by atomic mass is 16.3. The van der Waals surface area contributed by atoms with Crippen LogP contribution in [0, 0.1) is 5.41 Å². The molecule has 4 rings (SSSR count). The molecule has 3 N–H and O–H groups in total. The maximum absolute atomic E-state index is 11.5. The van der Waals surface area contributed by atoms with E-state index in [1.54, 1.807) is 0 Å². The molecule has 25 heavy (non-hydrogen) atoms. The number of nitrogens with zero attached hydrogens (tertiary/aromatic N) is 1. The van der Waals surface area contributed by atoms with Crippen LogP contribution in [0.3, 0.4) is 0 Å². The van der Waals surface area contributed by atoms with Gasteiger partial charge in [0.25, 0.3) is 0 Å². The summed E-state index contributed by atoms with van der Waals surface area (Å²) in [6.45, 7) is 3.08. The monoisotopic (exact) mass is 344 g/mol. The molecule has 138 valence electrons. The van der Waals surface area contributed by atoms with Crippen molar-refractivity contribution in [3.8, 4) is 0 Å². The molecule has 2 atom stereocenters. The van der Waals surface area contributed by atoms with Gasteiger partial charge in [0.05, 0.1) is 12.1 Å². The predicted octanol–water partition coefficient (Wildman–Crippen LogP) is 2.21. The van der Waals surface area contributed by atoms with E-state index >= 15 is 0 Å². The van der Waals surface area contributed by atoms with Crippen molar-refractivity contribution in [2.24, 2.45) is 5.41 Å². The van der Waals surface area contributed by atoms with Gasteiger partial charge >= 0.3 is 0 Å². The molecule has 4 nitrogen and oxygen atoms in total. The molecule has 1 aromatic carbocycles. The van der Waals surface area contributed by atoms with E-state index in [0.717, 1.165) is 45.3 Å². The first kappa shape index (κ1) is 17.5.